The molecule has 2 heterocycles. The molecule has 3 aromatic rings. The molecule has 2 aromatic heterocycles. The van der Waals surface area contributed by atoms with Gasteiger partial charge in [-0.2, -0.15) is 0 Å². The normalized spacial score (nSPS) is 10.9. The first-order valence-corrected chi connectivity index (χ1v) is 8.20. The molecule has 0 aliphatic rings. The first kappa shape index (κ1) is 13.4. The van der Waals surface area contributed by atoms with Crippen LogP contribution in [0.2, 0.25) is 0 Å². The number of nitrogens with zero attached hydrogens (tertiary/aromatic N) is 1. The lowest BCUT2D eigenvalue weighted by atomic mass is 10.3. The molecule has 0 radical (unpaired) electrons. The maximum atomic E-state index is 5.52. The summed E-state index contributed by atoms with van der Waals surface area (Å²) in [5, 5.41) is 4.35. The van der Waals surface area contributed by atoms with Crippen LogP contribution in [-0.4, -0.2) is 11.6 Å². The smallest absolute Gasteiger partial charge is 0.184 e. The molecule has 3 nitrogen and oxygen atoms in total. The fourth-order valence-electron chi connectivity index (χ4n) is 1.98. The minimum atomic E-state index is 0.688. The van der Waals surface area contributed by atoms with Gasteiger partial charge >= 0.3 is 0 Å². The van der Waals surface area contributed by atoms with Crippen LogP contribution < -0.4 is 10.1 Å². The highest BCUT2D eigenvalue weighted by atomic mass is 32.1. The van der Waals surface area contributed by atoms with Crippen molar-refractivity contribution in [3.05, 3.63) is 40.1 Å². The molecule has 0 fully saturated rings. The SMILES string of the molecule is CCOc1ccc2nc(NCc3ccc(C)s3)sc2c1. The molecule has 0 saturated carbocycles. The van der Waals surface area contributed by atoms with Crippen molar-refractivity contribution < 1.29 is 4.74 Å². The highest BCUT2D eigenvalue weighted by Crippen LogP contribution is 2.29. The van der Waals surface area contributed by atoms with E-state index in [0.29, 0.717) is 6.61 Å². The summed E-state index contributed by atoms with van der Waals surface area (Å²) in [6.07, 6.45) is 0. The number of anilines is 1. The second-order valence-corrected chi connectivity index (χ2v) is 6.85. The molecule has 0 aliphatic heterocycles. The quantitative estimate of drug-likeness (QED) is 0.743. The molecule has 20 heavy (non-hydrogen) atoms. The van der Waals surface area contributed by atoms with Gasteiger partial charge in [-0.25, -0.2) is 4.98 Å². The predicted octanol–water partition coefficient (Wildman–Crippen LogP) is 4.68. The number of rotatable bonds is 5. The van der Waals surface area contributed by atoms with Crippen molar-refractivity contribution >= 4 is 38.0 Å². The zero-order valence-electron chi connectivity index (χ0n) is 11.5. The lowest BCUT2D eigenvalue weighted by Gasteiger charge is -2.00. The molecule has 0 saturated heterocycles. The lowest BCUT2D eigenvalue weighted by molar-refractivity contribution is 0.341. The zero-order chi connectivity index (χ0) is 13.9. The molecular formula is C15H16N2OS2. The molecule has 0 bridgehead atoms. The number of aryl methyl sites for hydroxylation is 1. The van der Waals surface area contributed by atoms with Gasteiger partial charge < -0.3 is 10.1 Å². The molecule has 0 spiro atoms. The summed E-state index contributed by atoms with van der Waals surface area (Å²) < 4.78 is 6.67. The average Bonchev–Trinajstić information content (AvgIpc) is 3.02. The second-order valence-electron chi connectivity index (χ2n) is 4.45. The standard InChI is InChI=1S/C15H16N2OS2/c1-3-18-11-5-7-13-14(8-11)20-15(17-13)16-9-12-6-4-10(2)19-12/h4-8H,3,9H2,1-2H3,(H,16,17). The Hall–Kier alpha value is -1.59. The van der Waals surface area contributed by atoms with Crippen molar-refractivity contribution in [3.63, 3.8) is 0 Å². The molecule has 104 valence electrons. The summed E-state index contributed by atoms with van der Waals surface area (Å²) >= 11 is 3.48. The van der Waals surface area contributed by atoms with E-state index >= 15 is 0 Å². The average molecular weight is 304 g/mol. The van der Waals surface area contributed by atoms with Gasteiger partial charge in [0.05, 0.1) is 23.4 Å². The van der Waals surface area contributed by atoms with E-state index in [-0.39, 0.29) is 0 Å². The van der Waals surface area contributed by atoms with Crippen molar-refractivity contribution in [1.82, 2.24) is 4.98 Å². The van der Waals surface area contributed by atoms with Crippen LogP contribution in [0, 0.1) is 6.92 Å². The Labute approximate surface area is 126 Å². The highest BCUT2D eigenvalue weighted by Gasteiger charge is 2.05. The van der Waals surface area contributed by atoms with Gasteiger partial charge in [-0.05, 0) is 44.2 Å². The minimum absolute atomic E-state index is 0.688. The van der Waals surface area contributed by atoms with Crippen LogP contribution in [0.25, 0.3) is 10.2 Å². The van der Waals surface area contributed by atoms with Crippen LogP contribution in [0.4, 0.5) is 5.13 Å². The topological polar surface area (TPSA) is 34.1 Å². The molecule has 0 atom stereocenters. The van der Waals surface area contributed by atoms with E-state index in [0.717, 1.165) is 27.6 Å². The predicted molar refractivity (Wildman–Crippen MR) is 87.2 cm³/mol. The minimum Gasteiger partial charge on any atom is -0.494 e. The van der Waals surface area contributed by atoms with Crippen molar-refractivity contribution in [2.75, 3.05) is 11.9 Å². The van der Waals surface area contributed by atoms with Crippen LogP contribution in [0.3, 0.4) is 0 Å². The van der Waals surface area contributed by atoms with Crippen LogP contribution in [0.15, 0.2) is 30.3 Å². The number of hydrogen-bond acceptors (Lipinski definition) is 5. The molecular weight excluding hydrogens is 288 g/mol. The summed E-state index contributed by atoms with van der Waals surface area (Å²) in [6, 6.07) is 10.3. The van der Waals surface area contributed by atoms with Gasteiger partial charge in [-0.15, -0.1) is 11.3 Å². The summed E-state index contributed by atoms with van der Waals surface area (Å²) in [6.45, 7) is 5.64. The Balaban J connectivity index is 1.75. The number of hydrogen-bond donors (Lipinski definition) is 1. The fourth-order valence-corrected chi connectivity index (χ4v) is 3.70. The molecule has 1 N–H and O–H groups in total. The number of thiophene rings is 1. The molecule has 0 aliphatic carbocycles. The first-order chi connectivity index (χ1) is 9.74. The van der Waals surface area contributed by atoms with Crippen molar-refractivity contribution in [2.45, 2.75) is 20.4 Å². The number of nitrogens with one attached hydrogen (secondary N) is 1. The van der Waals surface area contributed by atoms with E-state index in [9.17, 15) is 0 Å². The van der Waals surface area contributed by atoms with Crippen LogP contribution >= 0.6 is 22.7 Å². The van der Waals surface area contributed by atoms with E-state index in [1.54, 1.807) is 11.3 Å². The van der Waals surface area contributed by atoms with E-state index in [2.05, 4.69) is 35.4 Å². The molecule has 3 rings (SSSR count). The van der Waals surface area contributed by atoms with Gasteiger partial charge in [-0.1, -0.05) is 11.3 Å². The van der Waals surface area contributed by atoms with Gasteiger partial charge in [0.2, 0.25) is 0 Å². The number of fused-ring (bicyclic) bond motifs is 1. The van der Waals surface area contributed by atoms with E-state index in [1.165, 1.54) is 9.75 Å². The van der Waals surface area contributed by atoms with Gasteiger partial charge in [0.25, 0.3) is 0 Å². The summed E-state index contributed by atoms with van der Waals surface area (Å²) in [4.78, 5) is 7.26. The zero-order valence-corrected chi connectivity index (χ0v) is 13.1. The van der Waals surface area contributed by atoms with Gasteiger partial charge in [0, 0.05) is 9.75 Å². The Bertz CT molecular complexity index is 718. The van der Waals surface area contributed by atoms with Crippen molar-refractivity contribution in [2.24, 2.45) is 0 Å². The summed E-state index contributed by atoms with van der Waals surface area (Å²) in [7, 11) is 0. The second kappa shape index (κ2) is 5.81. The fraction of sp³-hybridized carbons (Fsp3) is 0.267. The lowest BCUT2D eigenvalue weighted by Crippen LogP contribution is -1.95. The van der Waals surface area contributed by atoms with Crippen molar-refractivity contribution in [3.8, 4) is 5.75 Å². The maximum absolute atomic E-state index is 5.52. The number of ether oxygens (including phenoxy) is 1. The number of benzene rings is 1. The van der Waals surface area contributed by atoms with Crippen molar-refractivity contribution in [1.29, 1.82) is 0 Å². The van der Waals surface area contributed by atoms with Gasteiger partial charge in [0.15, 0.2) is 5.13 Å². The van der Waals surface area contributed by atoms with Crippen LogP contribution in [0.5, 0.6) is 5.75 Å². The monoisotopic (exact) mass is 304 g/mol. The summed E-state index contributed by atoms with van der Waals surface area (Å²) in [5.41, 5.74) is 1.02. The summed E-state index contributed by atoms with van der Waals surface area (Å²) in [5.74, 6) is 0.907. The van der Waals surface area contributed by atoms with Crippen LogP contribution in [-0.2, 0) is 6.54 Å². The third kappa shape index (κ3) is 2.94. The molecule has 5 heteroatoms. The Morgan fingerprint density at radius 1 is 1.20 bits per heavy atom. The van der Waals surface area contributed by atoms with Gasteiger partial charge in [0.1, 0.15) is 5.75 Å². The Kier molecular flexibility index (Phi) is 3.89. The largest absolute Gasteiger partial charge is 0.494 e. The van der Waals surface area contributed by atoms with E-state index < -0.39 is 0 Å². The van der Waals surface area contributed by atoms with Crippen LogP contribution in [0.1, 0.15) is 16.7 Å². The van der Waals surface area contributed by atoms with Gasteiger partial charge in [-0.3, -0.25) is 0 Å². The molecule has 0 unspecified atom stereocenters. The van der Waals surface area contributed by atoms with E-state index in [4.69, 9.17) is 4.74 Å². The number of thiazole rings is 1. The Morgan fingerprint density at radius 3 is 2.85 bits per heavy atom. The molecule has 1 aromatic carbocycles. The molecule has 0 amide bonds. The Morgan fingerprint density at radius 2 is 2.10 bits per heavy atom. The number of aromatic nitrogens is 1. The highest BCUT2D eigenvalue weighted by molar-refractivity contribution is 7.22. The maximum Gasteiger partial charge on any atom is 0.184 e. The van der Waals surface area contributed by atoms with E-state index in [1.807, 2.05) is 30.4 Å². The third-order valence-electron chi connectivity index (χ3n) is 2.88. The first-order valence-electron chi connectivity index (χ1n) is 6.57. The third-order valence-corrected chi connectivity index (χ3v) is 4.86.